The maximum atomic E-state index is 6.38. The summed E-state index contributed by atoms with van der Waals surface area (Å²) in [6.07, 6.45) is 0. The first-order chi connectivity index (χ1) is 7.50. The first-order valence-electron chi connectivity index (χ1n) is 5.65. The van der Waals surface area contributed by atoms with E-state index in [-0.39, 0.29) is 0 Å². The summed E-state index contributed by atoms with van der Waals surface area (Å²) in [7, 11) is -1.49. The number of hydrogen-bond donors (Lipinski definition) is 0. The van der Waals surface area contributed by atoms with Crippen LogP contribution in [0.4, 0.5) is 0 Å². The Kier molecular flexibility index (Phi) is 5.37. The van der Waals surface area contributed by atoms with E-state index < -0.39 is 8.07 Å². The zero-order valence-corrected chi connectivity index (χ0v) is 14.0. The number of hydrogen-bond acceptors (Lipinski definition) is 0. The molecule has 1 rings (SSSR count). The third kappa shape index (κ3) is 2.66. The zero-order chi connectivity index (χ0) is 12.3. The van der Waals surface area contributed by atoms with Gasteiger partial charge in [-0.3, -0.25) is 0 Å². The zero-order valence-electron chi connectivity index (χ0n) is 9.91. The molecule has 0 aliphatic carbocycles. The normalized spacial score (nSPS) is 11.9. The quantitative estimate of drug-likeness (QED) is 0.638. The predicted octanol–water partition coefficient (Wildman–Crippen LogP) is 5.47. The first-order valence-corrected chi connectivity index (χ1v) is 9.82. The molecule has 0 saturated carbocycles. The van der Waals surface area contributed by atoms with Crippen LogP contribution >= 0.6 is 39.1 Å². The van der Waals surface area contributed by atoms with E-state index in [1.54, 1.807) is 0 Å². The molecule has 90 valence electrons. The summed E-state index contributed by atoms with van der Waals surface area (Å²) in [5.41, 5.74) is 0. The van der Waals surface area contributed by atoms with Crippen LogP contribution in [-0.2, 0) is 0 Å². The highest BCUT2D eigenvalue weighted by Gasteiger charge is 2.33. The van der Waals surface area contributed by atoms with E-state index >= 15 is 0 Å². The van der Waals surface area contributed by atoms with E-state index in [1.165, 1.54) is 23.3 Å². The topological polar surface area (TPSA) is 0 Å². The van der Waals surface area contributed by atoms with Gasteiger partial charge in [-0.1, -0.05) is 78.0 Å². The van der Waals surface area contributed by atoms with Gasteiger partial charge in [-0.25, -0.2) is 0 Å². The molecule has 1 aromatic carbocycles. The van der Waals surface area contributed by atoms with Gasteiger partial charge >= 0.3 is 0 Å². The Morgan fingerprint density at radius 1 is 1.00 bits per heavy atom. The lowest BCUT2D eigenvalue weighted by molar-refractivity contribution is 1.19. The Bertz CT molecular complexity index is 344. The van der Waals surface area contributed by atoms with Crippen molar-refractivity contribution in [2.24, 2.45) is 0 Å². The summed E-state index contributed by atoms with van der Waals surface area (Å²) >= 11 is 16.2. The molecule has 0 bridgehead atoms. The number of rotatable bonds is 4. The molecule has 4 heteroatoms. The highest BCUT2D eigenvalue weighted by atomic mass is 79.9. The van der Waals surface area contributed by atoms with Gasteiger partial charge in [0, 0.05) is 14.5 Å². The van der Waals surface area contributed by atoms with Crippen LogP contribution in [0.25, 0.3) is 0 Å². The Morgan fingerprint density at radius 2 is 1.38 bits per heavy atom. The highest BCUT2D eigenvalue weighted by molar-refractivity contribution is 9.10. The number of halogens is 3. The van der Waals surface area contributed by atoms with Crippen molar-refractivity contribution in [2.45, 2.75) is 38.9 Å². The molecule has 0 N–H and O–H groups in total. The predicted molar refractivity (Wildman–Crippen MR) is 81.0 cm³/mol. The highest BCUT2D eigenvalue weighted by Crippen LogP contribution is 2.30. The van der Waals surface area contributed by atoms with Gasteiger partial charge in [-0.15, -0.1) is 0 Å². The number of benzene rings is 1. The maximum absolute atomic E-state index is 6.38. The van der Waals surface area contributed by atoms with E-state index in [0.29, 0.717) is 0 Å². The summed E-state index contributed by atoms with van der Waals surface area (Å²) in [5.74, 6) is 0. The molecular weight excluding hydrogens is 323 g/mol. The third-order valence-corrected chi connectivity index (χ3v) is 10.6. The second-order valence-corrected chi connectivity index (χ2v) is 11.0. The molecule has 0 amide bonds. The average Bonchev–Trinajstić information content (AvgIpc) is 2.23. The minimum Gasteiger partial charge on any atom is -0.0844 e. The van der Waals surface area contributed by atoms with Crippen molar-refractivity contribution in [1.82, 2.24) is 0 Å². The molecule has 0 aromatic heterocycles. The maximum Gasteiger partial charge on any atom is 0.0898 e. The molecule has 0 saturated heterocycles. The van der Waals surface area contributed by atoms with Gasteiger partial charge in [-0.2, -0.15) is 0 Å². The van der Waals surface area contributed by atoms with Crippen LogP contribution in [0, 0.1) is 0 Å². The molecule has 0 spiro atoms. The molecule has 0 heterocycles. The molecule has 0 unspecified atom stereocenters. The van der Waals surface area contributed by atoms with Crippen LogP contribution in [0.3, 0.4) is 0 Å². The molecule has 16 heavy (non-hydrogen) atoms. The van der Waals surface area contributed by atoms with Crippen LogP contribution in [0.2, 0.25) is 28.2 Å². The smallest absolute Gasteiger partial charge is 0.0844 e. The van der Waals surface area contributed by atoms with Gasteiger partial charge in [-0.05, 0) is 17.3 Å². The minimum atomic E-state index is -1.49. The minimum absolute atomic E-state index is 0.830. The van der Waals surface area contributed by atoms with Crippen molar-refractivity contribution >= 4 is 52.4 Å². The second kappa shape index (κ2) is 5.90. The summed E-state index contributed by atoms with van der Waals surface area (Å²) in [6.45, 7) is 6.77. The molecule has 0 fully saturated rings. The summed E-state index contributed by atoms with van der Waals surface area (Å²) < 4.78 is 0.956. The molecular formula is C12H17BrCl2Si. The van der Waals surface area contributed by atoms with Crippen molar-refractivity contribution < 1.29 is 0 Å². The van der Waals surface area contributed by atoms with Gasteiger partial charge in [0.15, 0.2) is 0 Å². The fraction of sp³-hybridized carbons (Fsp3) is 0.500. The summed E-state index contributed by atoms with van der Waals surface area (Å²) in [6, 6.07) is 7.51. The fourth-order valence-electron chi connectivity index (χ4n) is 2.33. The standard InChI is InChI=1S/C12H17BrCl2Si/c1-4-16(5-2,6-3)12-10(14)7-9(13)8-11(12)15/h7-8H,4-6H2,1-3H3. The third-order valence-electron chi connectivity index (χ3n) is 3.57. The fourth-order valence-corrected chi connectivity index (χ4v) is 8.46. The molecule has 0 aliphatic rings. The van der Waals surface area contributed by atoms with Gasteiger partial charge in [0.25, 0.3) is 0 Å². The van der Waals surface area contributed by atoms with Gasteiger partial charge < -0.3 is 0 Å². The molecule has 0 radical (unpaired) electrons. The Hall–Kier alpha value is 0.497. The lowest BCUT2D eigenvalue weighted by atomic mass is 10.4. The van der Waals surface area contributed by atoms with Gasteiger partial charge in [0.05, 0.1) is 8.07 Å². The van der Waals surface area contributed by atoms with Crippen LogP contribution in [0.15, 0.2) is 16.6 Å². The summed E-state index contributed by atoms with van der Waals surface area (Å²) in [5, 5.41) is 2.90. The van der Waals surface area contributed by atoms with Crippen molar-refractivity contribution in [3.05, 3.63) is 26.7 Å². The lowest BCUT2D eigenvalue weighted by Crippen LogP contribution is -2.47. The van der Waals surface area contributed by atoms with Crippen molar-refractivity contribution in [3.63, 3.8) is 0 Å². The largest absolute Gasteiger partial charge is 0.0898 e. The van der Waals surface area contributed by atoms with Crippen LogP contribution in [-0.4, -0.2) is 8.07 Å². The lowest BCUT2D eigenvalue weighted by Gasteiger charge is -2.30. The second-order valence-electron chi connectivity index (χ2n) is 4.09. The van der Waals surface area contributed by atoms with Gasteiger partial charge in [0.2, 0.25) is 0 Å². The summed E-state index contributed by atoms with van der Waals surface area (Å²) in [4.78, 5) is 0. The molecule has 0 nitrogen and oxygen atoms in total. The Labute approximate surface area is 117 Å². The van der Waals surface area contributed by atoms with E-state index in [4.69, 9.17) is 23.2 Å². The first kappa shape index (κ1) is 14.6. The molecule has 0 atom stereocenters. The average molecular weight is 340 g/mol. The van der Waals surface area contributed by atoms with Crippen molar-refractivity contribution in [3.8, 4) is 0 Å². The van der Waals surface area contributed by atoms with Crippen LogP contribution in [0.1, 0.15) is 20.8 Å². The van der Waals surface area contributed by atoms with Crippen molar-refractivity contribution in [1.29, 1.82) is 0 Å². The Balaban J connectivity index is 3.40. The van der Waals surface area contributed by atoms with Gasteiger partial charge in [0.1, 0.15) is 0 Å². The van der Waals surface area contributed by atoms with E-state index in [2.05, 4.69) is 36.7 Å². The van der Waals surface area contributed by atoms with E-state index in [1.807, 2.05) is 12.1 Å². The molecule has 0 aliphatic heterocycles. The van der Waals surface area contributed by atoms with E-state index in [0.717, 1.165) is 14.5 Å². The van der Waals surface area contributed by atoms with Crippen molar-refractivity contribution in [2.75, 3.05) is 0 Å². The van der Waals surface area contributed by atoms with Crippen LogP contribution in [0.5, 0.6) is 0 Å². The molecule has 1 aromatic rings. The monoisotopic (exact) mass is 338 g/mol. The Morgan fingerprint density at radius 3 is 1.69 bits per heavy atom. The SMILES string of the molecule is CC[Si](CC)(CC)c1c(Cl)cc(Br)cc1Cl. The van der Waals surface area contributed by atoms with Crippen LogP contribution < -0.4 is 5.19 Å². The van der Waals surface area contributed by atoms with E-state index in [9.17, 15) is 0 Å².